The van der Waals surface area contributed by atoms with Gasteiger partial charge < -0.3 is 10.4 Å². The normalized spacial score (nSPS) is 13.6. The molecule has 0 bridgehead atoms. The molecule has 70 valence electrons. The largest absolute Gasteiger partial charge is 0.480 e. The van der Waals surface area contributed by atoms with Crippen LogP contribution in [0.5, 0.6) is 0 Å². The Morgan fingerprint density at radius 2 is 2.17 bits per heavy atom. The molecule has 0 aliphatic carbocycles. The molecule has 0 saturated heterocycles. The molecule has 2 N–H and O–H groups in total. The third kappa shape index (κ3) is 2.53. The van der Waals surface area contributed by atoms with E-state index in [1.54, 1.807) is 0 Å². The maximum absolute atomic E-state index is 10.7. The van der Waals surface area contributed by atoms with Gasteiger partial charge in [0.15, 0.2) is 0 Å². The number of nitrogens with one attached hydrogen (secondary N) is 1. The van der Waals surface area contributed by atoms with Crippen LogP contribution in [0, 0.1) is 5.41 Å². The number of amides is 1. The summed E-state index contributed by atoms with van der Waals surface area (Å²) in [6, 6.07) is -0.806. The predicted molar refractivity (Wildman–Crippen MR) is 44.7 cm³/mol. The highest BCUT2D eigenvalue weighted by Crippen LogP contribution is 2.24. The molecule has 4 nitrogen and oxygen atoms in total. The smallest absolute Gasteiger partial charge is 0.326 e. The molecule has 0 rings (SSSR count). The van der Waals surface area contributed by atoms with Crippen LogP contribution in [0.2, 0.25) is 0 Å². The van der Waals surface area contributed by atoms with Crippen molar-refractivity contribution in [3.8, 4) is 0 Å². The van der Waals surface area contributed by atoms with E-state index in [2.05, 4.69) is 5.32 Å². The third-order valence-corrected chi connectivity index (χ3v) is 2.17. The Kier molecular flexibility index (Phi) is 3.73. The number of carboxylic acids is 1. The van der Waals surface area contributed by atoms with Crippen LogP contribution < -0.4 is 5.32 Å². The van der Waals surface area contributed by atoms with Crippen LogP contribution in [-0.4, -0.2) is 23.5 Å². The van der Waals surface area contributed by atoms with Crippen LogP contribution in [0.3, 0.4) is 0 Å². The molecule has 1 unspecified atom stereocenters. The predicted octanol–water partition coefficient (Wildman–Crippen LogP) is 0.622. The van der Waals surface area contributed by atoms with Gasteiger partial charge in [-0.25, -0.2) is 4.79 Å². The molecule has 0 aliphatic rings. The number of carbonyl (C=O) groups excluding carboxylic acids is 1. The van der Waals surface area contributed by atoms with Crippen molar-refractivity contribution in [3.05, 3.63) is 0 Å². The fourth-order valence-corrected chi connectivity index (χ4v) is 0.903. The molecule has 0 saturated carbocycles. The van der Waals surface area contributed by atoms with Crippen molar-refractivity contribution in [2.75, 3.05) is 0 Å². The molecule has 0 aromatic rings. The first-order valence-corrected chi connectivity index (χ1v) is 3.88. The quantitative estimate of drug-likeness (QED) is 0.599. The average molecular weight is 173 g/mol. The Hall–Kier alpha value is -1.06. The second-order valence-electron chi connectivity index (χ2n) is 3.40. The summed E-state index contributed by atoms with van der Waals surface area (Å²) in [6.45, 7) is 5.51. The molecular formula is C8H15NO3. The van der Waals surface area contributed by atoms with E-state index in [0.717, 1.165) is 0 Å². The van der Waals surface area contributed by atoms with Crippen molar-refractivity contribution in [2.45, 2.75) is 33.2 Å². The summed E-state index contributed by atoms with van der Waals surface area (Å²) < 4.78 is 0. The van der Waals surface area contributed by atoms with Crippen molar-refractivity contribution in [1.82, 2.24) is 5.32 Å². The van der Waals surface area contributed by atoms with Crippen LogP contribution in [0.4, 0.5) is 0 Å². The highest BCUT2D eigenvalue weighted by molar-refractivity contribution is 5.77. The van der Waals surface area contributed by atoms with Crippen molar-refractivity contribution in [2.24, 2.45) is 5.41 Å². The molecule has 0 fully saturated rings. The van der Waals surface area contributed by atoms with Gasteiger partial charge in [0, 0.05) is 0 Å². The zero-order chi connectivity index (χ0) is 9.78. The maximum atomic E-state index is 10.7. The SMILES string of the molecule is CCC(C)(C)C(NC=O)C(=O)O. The number of rotatable bonds is 5. The van der Waals surface area contributed by atoms with Crippen LogP contribution in [0.1, 0.15) is 27.2 Å². The first kappa shape index (κ1) is 10.9. The molecule has 0 aromatic heterocycles. The van der Waals surface area contributed by atoms with Gasteiger partial charge in [0.2, 0.25) is 6.41 Å². The Morgan fingerprint density at radius 1 is 1.67 bits per heavy atom. The minimum Gasteiger partial charge on any atom is -0.480 e. The summed E-state index contributed by atoms with van der Waals surface area (Å²) in [7, 11) is 0. The summed E-state index contributed by atoms with van der Waals surface area (Å²) in [6.07, 6.45) is 1.13. The van der Waals surface area contributed by atoms with E-state index < -0.39 is 17.4 Å². The Morgan fingerprint density at radius 3 is 2.42 bits per heavy atom. The van der Waals surface area contributed by atoms with E-state index in [1.165, 1.54) is 0 Å². The lowest BCUT2D eigenvalue weighted by Gasteiger charge is -2.29. The van der Waals surface area contributed by atoms with Crippen molar-refractivity contribution in [1.29, 1.82) is 0 Å². The Balaban J connectivity index is 4.48. The molecular weight excluding hydrogens is 158 g/mol. The second kappa shape index (κ2) is 4.09. The molecule has 1 amide bonds. The van der Waals surface area contributed by atoms with Crippen molar-refractivity contribution >= 4 is 12.4 Å². The van der Waals surface area contributed by atoms with Gasteiger partial charge in [-0.15, -0.1) is 0 Å². The zero-order valence-electron chi connectivity index (χ0n) is 7.63. The molecule has 0 radical (unpaired) electrons. The standard InChI is InChI=1S/C8H15NO3/c1-4-8(2,3)6(7(11)12)9-5-10/h5-6H,4H2,1-3H3,(H,9,10)(H,11,12). The van der Waals surface area contributed by atoms with Crippen LogP contribution in [-0.2, 0) is 9.59 Å². The summed E-state index contributed by atoms with van der Waals surface area (Å²) >= 11 is 0. The maximum Gasteiger partial charge on any atom is 0.326 e. The minimum atomic E-state index is -0.992. The third-order valence-electron chi connectivity index (χ3n) is 2.17. The van der Waals surface area contributed by atoms with E-state index in [9.17, 15) is 9.59 Å². The van der Waals surface area contributed by atoms with Gasteiger partial charge in [-0.3, -0.25) is 4.79 Å². The van der Waals surface area contributed by atoms with Crippen molar-refractivity contribution < 1.29 is 14.7 Å². The fraction of sp³-hybridized carbons (Fsp3) is 0.750. The first-order chi connectivity index (χ1) is 5.45. The van der Waals surface area contributed by atoms with Gasteiger partial charge in [0.25, 0.3) is 0 Å². The highest BCUT2D eigenvalue weighted by Gasteiger charge is 2.33. The van der Waals surface area contributed by atoms with Gasteiger partial charge in [-0.1, -0.05) is 20.8 Å². The van der Waals surface area contributed by atoms with Gasteiger partial charge >= 0.3 is 5.97 Å². The number of carbonyl (C=O) groups is 2. The number of carboxylic acid groups (broad SMARTS) is 1. The number of hydrogen-bond donors (Lipinski definition) is 2. The van der Waals surface area contributed by atoms with E-state index in [4.69, 9.17) is 5.11 Å². The van der Waals surface area contributed by atoms with Gasteiger partial charge in [-0.2, -0.15) is 0 Å². The molecule has 0 heterocycles. The molecule has 1 atom stereocenters. The summed E-state index contributed by atoms with van der Waals surface area (Å²) in [4.78, 5) is 20.8. The van der Waals surface area contributed by atoms with Gasteiger partial charge in [0.05, 0.1) is 0 Å². The summed E-state index contributed by atoms with van der Waals surface area (Å²) in [5, 5.41) is 11.0. The lowest BCUT2D eigenvalue weighted by Crippen LogP contribution is -2.46. The Labute approximate surface area is 72.0 Å². The van der Waals surface area contributed by atoms with Gasteiger partial charge in [-0.05, 0) is 11.8 Å². The van der Waals surface area contributed by atoms with Crippen molar-refractivity contribution in [3.63, 3.8) is 0 Å². The second-order valence-corrected chi connectivity index (χ2v) is 3.40. The van der Waals surface area contributed by atoms with Crippen LogP contribution >= 0.6 is 0 Å². The number of aliphatic carboxylic acids is 1. The first-order valence-electron chi connectivity index (χ1n) is 3.88. The summed E-state index contributed by atoms with van der Waals surface area (Å²) in [5.41, 5.74) is -0.410. The zero-order valence-corrected chi connectivity index (χ0v) is 7.63. The topological polar surface area (TPSA) is 66.4 Å². The fourth-order valence-electron chi connectivity index (χ4n) is 0.903. The van der Waals surface area contributed by atoms with E-state index >= 15 is 0 Å². The monoisotopic (exact) mass is 173 g/mol. The van der Waals surface area contributed by atoms with Crippen LogP contribution in [0.25, 0.3) is 0 Å². The van der Waals surface area contributed by atoms with E-state index in [0.29, 0.717) is 12.8 Å². The van der Waals surface area contributed by atoms with Gasteiger partial charge in [0.1, 0.15) is 6.04 Å². The molecule has 4 heteroatoms. The van der Waals surface area contributed by atoms with Crippen LogP contribution in [0.15, 0.2) is 0 Å². The lowest BCUT2D eigenvalue weighted by molar-refractivity contribution is -0.144. The molecule has 12 heavy (non-hydrogen) atoms. The van der Waals surface area contributed by atoms with E-state index in [-0.39, 0.29) is 0 Å². The minimum absolute atomic E-state index is 0.410. The molecule has 0 aromatic carbocycles. The highest BCUT2D eigenvalue weighted by atomic mass is 16.4. The lowest BCUT2D eigenvalue weighted by atomic mass is 9.82. The Bertz CT molecular complexity index is 177. The number of hydrogen-bond acceptors (Lipinski definition) is 2. The summed E-state index contributed by atoms with van der Waals surface area (Å²) in [5.74, 6) is -0.992. The molecule has 0 aliphatic heterocycles. The molecule has 0 spiro atoms. The average Bonchev–Trinajstić information content (AvgIpc) is 1.99. The van der Waals surface area contributed by atoms with E-state index in [1.807, 2.05) is 20.8 Å².